The second-order valence-corrected chi connectivity index (χ2v) is 10.5. The summed E-state index contributed by atoms with van der Waals surface area (Å²) in [6, 6.07) is 18.5. The third kappa shape index (κ3) is 6.15. The molecule has 0 N–H and O–H groups in total. The van der Waals surface area contributed by atoms with E-state index in [2.05, 4.69) is 71.7 Å². The minimum Gasteiger partial charge on any atom is -0.497 e. The number of ketones is 1. The number of ether oxygens (including phenoxy) is 2. The minimum atomic E-state index is 0.172. The Labute approximate surface area is 222 Å². The number of benzene rings is 2. The molecule has 35 heavy (non-hydrogen) atoms. The van der Waals surface area contributed by atoms with Gasteiger partial charge in [0.15, 0.2) is 0 Å². The summed E-state index contributed by atoms with van der Waals surface area (Å²) < 4.78 is 11.9. The second-order valence-electron chi connectivity index (χ2n) is 9.41. The monoisotopic (exact) mass is 584 g/mol. The van der Waals surface area contributed by atoms with Crippen LogP contribution < -0.4 is 14.4 Å². The molecule has 1 fully saturated rings. The van der Waals surface area contributed by atoms with Crippen LogP contribution in [0.3, 0.4) is 0 Å². The SMILES string of the molecule is COc1ccc(CN(Cc2ccc(OC)cc2)c2cc(C)c(I)c(C3CC(=O)CCC3C)n2)cc1. The van der Waals surface area contributed by atoms with Crippen LogP contribution in [0.15, 0.2) is 54.6 Å². The van der Waals surface area contributed by atoms with Crippen LogP contribution in [0.5, 0.6) is 11.5 Å². The molecule has 1 aliphatic carbocycles. The first-order chi connectivity index (χ1) is 16.9. The van der Waals surface area contributed by atoms with Gasteiger partial charge >= 0.3 is 0 Å². The fourth-order valence-corrected chi connectivity index (χ4v) is 5.37. The van der Waals surface area contributed by atoms with Crippen molar-refractivity contribution in [2.75, 3.05) is 19.1 Å². The van der Waals surface area contributed by atoms with Crippen molar-refractivity contribution in [1.29, 1.82) is 0 Å². The normalized spacial score (nSPS) is 17.8. The first kappa shape index (κ1) is 25.5. The number of pyridine rings is 1. The Morgan fingerprint density at radius 3 is 2.03 bits per heavy atom. The van der Waals surface area contributed by atoms with Crippen molar-refractivity contribution in [1.82, 2.24) is 4.98 Å². The molecule has 0 spiro atoms. The number of carbonyl (C=O) groups excluding carboxylic acids is 1. The molecule has 1 heterocycles. The Morgan fingerprint density at radius 1 is 0.971 bits per heavy atom. The Hall–Kier alpha value is -2.61. The topological polar surface area (TPSA) is 51.7 Å². The molecular weight excluding hydrogens is 551 g/mol. The number of aromatic nitrogens is 1. The Bertz CT molecular complexity index is 1110. The summed E-state index contributed by atoms with van der Waals surface area (Å²) >= 11 is 2.41. The van der Waals surface area contributed by atoms with Gasteiger partial charge in [0.05, 0.1) is 19.9 Å². The number of anilines is 1. The lowest BCUT2D eigenvalue weighted by Gasteiger charge is -2.31. The number of rotatable bonds is 8. The van der Waals surface area contributed by atoms with Crippen molar-refractivity contribution >= 4 is 34.2 Å². The standard InChI is InChI=1S/C29H33IN2O3/c1-19-5-10-23(33)16-26(19)29-28(30)20(2)15-27(31-29)32(17-21-6-11-24(34-3)12-7-21)18-22-8-13-25(35-4)14-9-22/h6-9,11-15,19,26H,5,10,16-18H2,1-4H3. The zero-order valence-corrected chi connectivity index (χ0v) is 23.0. The molecule has 4 rings (SSSR count). The van der Waals surface area contributed by atoms with Gasteiger partial charge in [-0.15, -0.1) is 0 Å². The van der Waals surface area contributed by atoms with Crippen molar-refractivity contribution in [3.63, 3.8) is 0 Å². The summed E-state index contributed by atoms with van der Waals surface area (Å²) in [6.45, 7) is 5.82. The molecule has 0 saturated heterocycles. The third-order valence-corrected chi connectivity index (χ3v) is 8.31. The molecule has 0 aliphatic heterocycles. The zero-order chi connectivity index (χ0) is 24.9. The lowest BCUT2D eigenvalue weighted by atomic mass is 9.77. The van der Waals surface area contributed by atoms with Gasteiger partial charge < -0.3 is 14.4 Å². The number of Topliss-reactive ketones (excluding diaryl/α,β-unsaturated/α-hetero) is 1. The van der Waals surface area contributed by atoms with Crippen LogP contribution in [0.4, 0.5) is 5.82 Å². The molecule has 0 amide bonds. The van der Waals surface area contributed by atoms with Gasteiger partial charge in [-0.25, -0.2) is 4.98 Å². The number of carbonyl (C=O) groups is 1. The van der Waals surface area contributed by atoms with Crippen molar-refractivity contribution < 1.29 is 14.3 Å². The van der Waals surface area contributed by atoms with Crippen LogP contribution in [-0.2, 0) is 17.9 Å². The van der Waals surface area contributed by atoms with Gasteiger partial charge in [-0.2, -0.15) is 0 Å². The number of halogens is 1. The Morgan fingerprint density at radius 2 is 1.51 bits per heavy atom. The minimum absolute atomic E-state index is 0.172. The summed E-state index contributed by atoms with van der Waals surface area (Å²) in [4.78, 5) is 19.9. The van der Waals surface area contributed by atoms with E-state index >= 15 is 0 Å². The Balaban J connectivity index is 1.71. The first-order valence-corrected chi connectivity index (χ1v) is 13.2. The molecule has 184 valence electrons. The summed E-state index contributed by atoms with van der Waals surface area (Å²) in [5.41, 5.74) is 4.63. The summed E-state index contributed by atoms with van der Waals surface area (Å²) in [6.07, 6.45) is 2.21. The molecule has 2 aromatic carbocycles. The summed E-state index contributed by atoms with van der Waals surface area (Å²) in [5.74, 6) is 3.59. The molecule has 0 radical (unpaired) electrons. The van der Waals surface area contributed by atoms with Gasteiger partial charge in [-0.1, -0.05) is 31.2 Å². The average Bonchev–Trinajstić information content (AvgIpc) is 2.87. The van der Waals surface area contributed by atoms with E-state index in [1.165, 1.54) is 20.3 Å². The van der Waals surface area contributed by atoms with Crippen molar-refractivity contribution in [3.05, 3.63) is 80.6 Å². The van der Waals surface area contributed by atoms with Crippen LogP contribution >= 0.6 is 22.6 Å². The number of hydrogen-bond donors (Lipinski definition) is 0. The fraction of sp³-hybridized carbons (Fsp3) is 0.379. The predicted octanol–water partition coefficient (Wildman–Crippen LogP) is 6.69. The second kappa shape index (κ2) is 11.4. The lowest BCUT2D eigenvalue weighted by molar-refractivity contribution is -0.121. The maximum absolute atomic E-state index is 12.3. The van der Waals surface area contributed by atoms with Crippen LogP contribution in [0.1, 0.15) is 54.5 Å². The van der Waals surface area contributed by atoms with Gasteiger partial charge in [-0.3, -0.25) is 4.79 Å². The maximum atomic E-state index is 12.3. The molecule has 2 atom stereocenters. The zero-order valence-electron chi connectivity index (χ0n) is 20.9. The van der Waals surface area contributed by atoms with Crippen molar-refractivity contribution in [3.8, 4) is 11.5 Å². The number of nitrogens with zero attached hydrogens (tertiary/aromatic N) is 2. The number of methoxy groups -OCH3 is 2. The van der Waals surface area contributed by atoms with Gasteiger partial charge in [0, 0.05) is 35.4 Å². The molecule has 2 unspecified atom stereocenters. The predicted molar refractivity (Wildman–Crippen MR) is 148 cm³/mol. The average molecular weight is 584 g/mol. The first-order valence-electron chi connectivity index (χ1n) is 12.1. The van der Waals surface area contributed by atoms with E-state index in [1.807, 2.05) is 24.3 Å². The van der Waals surface area contributed by atoms with Crippen molar-refractivity contribution in [2.45, 2.75) is 52.1 Å². The van der Waals surface area contributed by atoms with E-state index in [9.17, 15) is 4.79 Å². The van der Waals surface area contributed by atoms with Crippen LogP contribution in [0.2, 0.25) is 0 Å². The highest BCUT2D eigenvalue weighted by Crippen LogP contribution is 2.39. The van der Waals surface area contributed by atoms with Crippen molar-refractivity contribution in [2.24, 2.45) is 5.92 Å². The lowest BCUT2D eigenvalue weighted by Crippen LogP contribution is -2.27. The van der Waals surface area contributed by atoms with Gasteiger partial charge in [-0.05, 0) is 88.9 Å². The highest BCUT2D eigenvalue weighted by atomic mass is 127. The molecule has 1 saturated carbocycles. The number of hydrogen-bond acceptors (Lipinski definition) is 5. The molecular formula is C29H33IN2O3. The van der Waals surface area contributed by atoms with Gasteiger partial charge in [0.1, 0.15) is 23.1 Å². The smallest absolute Gasteiger partial charge is 0.133 e. The van der Waals surface area contributed by atoms with Crippen LogP contribution in [0.25, 0.3) is 0 Å². The Kier molecular flexibility index (Phi) is 8.31. The van der Waals surface area contributed by atoms with E-state index in [-0.39, 0.29) is 5.92 Å². The maximum Gasteiger partial charge on any atom is 0.133 e. The van der Waals surface area contributed by atoms with E-state index in [0.717, 1.165) is 29.4 Å². The van der Waals surface area contributed by atoms with Crippen LogP contribution in [0, 0.1) is 16.4 Å². The van der Waals surface area contributed by atoms with E-state index in [0.29, 0.717) is 37.6 Å². The molecule has 3 aromatic rings. The molecule has 1 aromatic heterocycles. The highest BCUT2D eigenvalue weighted by molar-refractivity contribution is 14.1. The molecule has 5 nitrogen and oxygen atoms in total. The largest absolute Gasteiger partial charge is 0.497 e. The fourth-order valence-electron chi connectivity index (χ4n) is 4.70. The molecule has 0 bridgehead atoms. The highest BCUT2D eigenvalue weighted by Gasteiger charge is 2.31. The van der Waals surface area contributed by atoms with Gasteiger partial charge in [0.2, 0.25) is 0 Å². The molecule has 6 heteroatoms. The van der Waals surface area contributed by atoms with E-state index in [1.54, 1.807) is 14.2 Å². The number of aryl methyl sites for hydroxylation is 1. The van der Waals surface area contributed by atoms with E-state index in [4.69, 9.17) is 14.5 Å². The van der Waals surface area contributed by atoms with Crippen LogP contribution in [-0.4, -0.2) is 25.0 Å². The summed E-state index contributed by atoms with van der Waals surface area (Å²) in [7, 11) is 3.36. The quantitative estimate of drug-likeness (QED) is 0.276. The third-order valence-electron chi connectivity index (χ3n) is 6.90. The van der Waals surface area contributed by atoms with Gasteiger partial charge in [0.25, 0.3) is 0 Å². The van der Waals surface area contributed by atoms with E-state index < -0.39 is 0 Å². The summed E-state index contributed by atoms with van der Waals surface area (Å²) in [5, 5.41) is 0. The molecule has 1 aliphatic rings.